The lowest BCUT2D eigenvalue weighted by Gasteiger charge is -2.06. The van der Waals surface area contributed by atoms with E-state index in [0.29, 0.717) is 0 Å². The number of rotatable bonds is 0. The van der Waals surface area contributed by atoms with Gasteiger partial charge in [0.25, 0.3) is 11.3 Å². The molecule has 2 atom stereocenters. The van der Waals surface area contributed by atoms with Gasteiger partial charge in [-0.1, -0.05) is 0 Å². The number of nitrogens with one attached hydrogen (secondary N) is 1. The van der Waals surface area contributed by atoms with E-state index in [4.69, 9.17) is 0 Å². The van der Waals surface area contributed by atoms with Crippen LogP contribution in [0.5, 0.6) is 0 Å². The molecule has 5 heteroatoms. The first kappa shape index (κ1) is 6.15. The molecule has 0 saturated carbocycles. The molecule has 0 bridgehead atoms. The zero-order valence-electron chi connectivity index (χ0n) is 4.75. The van der Waals surface area contributed by atoms with E-state index in [-0.39, 0.29) is 6.17 Å². The van der Waals surface area contributed by atoms with Crippen LogP contribution in [0.25, 0.3) is 0 Å². The van der Waals surface area contributed by atoms with Crippen molar-refractivity contribution in [3.05, 3.63) is 0 Å². The summed E-state index contributed by atoms with van der Waals surface area (Å²) in [6.07, 6.45) is 0.0517. The lowest BCUT2D eigenvalue weighted by Crippen LogP contribution is -2.28. The van der Waals surface area contributed by atoms with Crippen LogP contribution in [0, 0.1) is 0 Å². The Morgan fingerprint density at radius 1 is 1.88 bits per heavy atom. The van der Waals surface area contributed by atoms with Crippen molar-refractivity contribution in [2.75, 3.05) is 7.05 Å². The van der Waals surface area contributed by atoms with Gasteiger partial charge in [-0.25, -0.2) is 4.21 Å². The number of hydroxylamine groups is 2. The maximum atomic E-state index is 10.4. The molecule has 2 unspecified atom stereocenters. The standard InChI is InChI=1S/C3H8N2O2S/c1-3-4-8(6)7-5(3)2/h3-4H,1-2H3. The van der Waals surface area contributed by atoms with Crippen LogP contribution in [-0.2, 0) is 15.6 Å². The van der Waals surface area contributed by atoms with Crippen molar-refractivity contribution in [2.24, 2.45) is 0 Å². The molecular weight excluding hydrogens is 128 g/mol. The van der Waals surface area contributed by atoms with Crippen molar-refractivity contribution in [3.63, 3.8) is 0 Å². The highest BCUT2D eigenvalue weighted by molar-refractivity contribution is 7.78. The molecule has 1 fully saturated rings. The van der Waals surface area contributed by atoms with E-state index in [1.807, 2.05) is 6.92 Å². The number of hydrogen-bond acceptors (Lipinski definition) is 3. The first-order valence-corrected chi connectivity index (χ1v) is 3.37. The molecule has 0 aromatic heterocycles. The van der Waals surface area contributed by atoms with Crippen LogP contribution < -0.4 is 4.72 Å². The molecule has 1 rings (SSSR count). The van der Waals surface area contributed by atoms with Crippen molar-refractivity contribution in [1.29, 1.82) is 0 Å². The average Bonchev–Trinajstić information content (AvgIpc) is 1.85. The molecular formula is C3H8N2O2S. The van der Waals surface area contributed by atoms with E-state index in [0.717, 1.165) is 0 Å². The van der Waals surface area contributed by atoms with Gasteiger partial charge in [-0.15, -0.1) is 0 Å². The fourth-order valence-corrected chi connectivity index (χ4v) is 1.22. The van der Waals surface area contributed by atoms with Gasteiger partial charge in [0.2, 0.25) is 0 Å². The molecule has 48 valence electrons. The second kappa shape index (κ2) is 2.10. The Kier molecular flexibility index (Phi) is 1.62. The third kappa shape index (κ3) is 1.05. The van der Waals surface area contributed by atoms with Crippen LogP contribution in [0.1, 0.15) is 6.92 Å². The quantitative estimate of drug-likeness (QED) is 0.482. The first-order valence-electron chi connectivity index (χ1n) is 2.29. The van der Waals surface area contributed by atoms with Crippen LogP contribution in [0.4, 0.5) is 0 Å². The monoisotopic (exact) mass is 136 g/mol. The molecule has 1 heterocycles. The van der Waals surface area contributed by atoms with Crippen LogP contribution in [0.2, 0.25) is 0 Å². The summed E-state index contributed by atoms with van der Waals surface area (Å²) < 4.78 is 17.7. The van der Waals surface area contributed by atoms with E-state index in [1.54, 1.807) is 7.05 Å². The lowest BCUT2D eigenvalue weighted by molar-refractivity contribution is -0.0259. The topological polar surface area (TPSA) is 41.6 Å². The molecule has 1 aliphatic heterocycles. The van der Waals surface area contributed by atoms with Gasteiger partial charge in [0.05, 0.1) is 6.17 Å². The van der Waals surface area contributed by atoms with Crippen LogP contribution in [0.15, 0.2) is 0 Å². The van der Waals surface area contributed by atoms with Gasteiger partial charge in [0, 0.05) is 7.05 Å². The van der Waals surface area contributed by atoms with Crippen LogP contribution in [-0.4, -0.2) is 22.5 Å². The molecule has 1 saturated heterocycles. The van der Waals surface area contributed by atoms with E-state index >= 15 is 0 Å². The van der Waals surface area contributed by atoms with Gasteiger partial charge < -0.3 is 0 Å². The fourth-order valence-electron chi connectivity index (χ4n) is 0.406. The van der Waals surface area contributed by atoms with Gasteiger partial charge in [-0.2, -0.15) is 14.1 Å². The van der Waals surface area contributed by atoms with E-state index in [2.05, 4.69) is 9.01 Å². The third-order valence-corrected chi connectivity index (χ3v) is 1.90. The minimum atomic E-state index is -1.31. The van der Waals surface area contributed by atoms with Crippen molar-refractivity contribution in [3.8, 4) is 0 Å². The predicted molar refractivity (Wildman–Crippen MR) is 29.6 cm³/mol. The highest BCUT2D eigenvalue weighted by atomic mass is 32.2. The van der Waals surface area contributed by atoms with Gasteiger partial charge >= 0.3 is 0 Å². The summed E-state index contributed by atoms with van der Waals surface area (Å²) in [5, 5.41) is 1.51. The second-order valence-electron chi connectivity index (χ2n) is 1.65. The van der Waals surface area contributed by atoms with Crippen LogP contribution in [0.3, 0.4) is 0 Å². The maximum absolute atomic E-state index is 10.4. The average molecular weight is 136 g/mol. The van der Waals surface area contributed by atoms with Gasteiger partial charge in [-0.05, 0) is 6.92 Å². The molecule has 0 radical (unpaired) electrons. The molecule has 1 N–H and O–H groups in total. The van der Waals surface area contributed by atoms with E-state index in [9.17, 15) is 4.21 Å². The summed E-state index contributed by atoms with van der Waals surface area (Å²) in [6, 6.07) is 0. The van der Waals surface area contributed by atoms with Crippen molar-refractivity contribution >= 4 is 11.3 Å². The van der Waals surface area contributed by atoms with Gasteiger partial charge in [-0.3, -0.25) is 0 Å². The Balaban J connectivity index is 2.51. The minimum absolute atomic E-state index is 0.0517. The van der Waals surface area contributed by atoms with Crippen LogP contribution >= 0.6 is 0 Å². The highest BCUT2D eigenvalue weighted by Gasteiger charge is 2.22. The Hall–Kier alpha value is 0.0300. The van der Waals surface area contributed by atoms with Crippen molar-refractivity contribution in [1.82, 2.24) is 9.79 Å². The first-order chi connectivity index (χ1) is 3.70. The molecule has 4 nitrogen and oxygen atoms in total. The largest absolute Gasteiger partial charge is 0.253 e. The molecule has 1 aliphatic rings. The zero-order valence-corrected chi connectivity index (χ0v) is 5.57. The Morgan fingerprint density at radius 3 is 2.62 bits per heavy atom. The third-order valence-electron chi connectivity index (χ3n) is 0.997. The van der Waals surface area contributed by atoms with E-state index in [1.165, 1.54) is 5.06 Å². The zero-order chi connectivity index (χ0) is 6.15. The van der Waals surface area contributed by atoms with Crippen molar-refractivity contribution in [2.45, 2.75) is 13.1 Å². The SMILES string of the molecule is CC1NS(=O)ON1C. The molecule has 0 aromatic rings. The fraction of sp³-hybridized carbons (Fsp3) is 1.00. The minimum Gasteiger partial charge on any atom is -0.210 e. The molecule has 0 aromatic carbocycles. The van der Waals surface area contributed by atoms with Gasteiger partial charge in [0.15, 0.2) is 0 Å². The predicted octanol–water partition coefficient (Wildman–Crippen LogP) is -0.622. The summed E-state index contributed by atoms with van der Waals surface area (Å²) >= 11 is -1.31. The summed E-state index contributed by atoms with van der Waals surface area (Å²) in [5.74, 6) is 0. The lowest BCUT2D eigenvalue weighted by atomic mass is 10.6. The summed E-state index contributed by atoms with van der Waals surface area (Å²) in [7, 11) is 1.72. The summed E-state index contributed by atoms with van der Waals surface area (Å²) in [5.41, 5.74) is 0. The summed E-state index contributed by atoms with van der Waals surface area (Å²) in [6.45, 7) is 1.87. The van der Waals surface area contributed by atoms with Gasteiger partial charge in [0.1, 0.15) is 0 Å². The smallest absolute Gasteiger partial charge is 0.210 e. The second-order valence-corrected chi connectivity index (χ2v) is 2.50. The summed E-state index contributed by atoms with van der Waals surface area (Å²) in [4.78, 5) is 0. The Bertz CT molecular complexity index is 106. The Morgan fingerprint density at radius 2 is 2.50 bits per heavy atom. The van der Waals surface area contributed by atoms with E-state index < -0.39 is 11.3 Å². The molecule has 0 aliphatic carbocycles. The van der Waals surface area contributed by atoms with Crippen molar-refractivity contribution < 1.29 is 8.49 Å². The molecule has 0 spiro atoms. The molecule has 8 heavy (non-hydrogen) atoms. The molecule has 0 amide bonds. The number of hydrogen-bond donors (Lipinski definition) is 1. The highest BCUT2D eigenvalue weighted by Crippen LogP contribution is 2.02. The maximum Gasteiger partial charge on any atom is 0.253 e. The number of nitrogens with zero attached hydrogens (tertiary/aromatic N) is 1. The normalized spacial score (nSPS) is 40.8. The Labute approximate surface area is 50.6 Å².